The molecule has 0 atom stereocenters. The molecular weight excluding hydrogens is 448 g/mol. The van der Waals surface area contributed by atoms with E-state index in [0.717, 1.165) is 5.56 Å². The van der Waals surface area contributed by atoms with Crippen molar-refractivity contribution >= 4 is 52.3 Å². The topological polar surface area (TPSA) is 99.3 Å². The summed E-state index contributed by atoms with van der Waals surface area (Å²) in [4.78, 5) is 36.8. The number of hydrogen-bond donors (Lipinski definition) is 4. The van der Waals surface area contributed by atoms with Gasteiger partial charge in [-0.15, -0.1) is 0 Å². The van der Waals surface area contributed by atoms with Crippen LogP contribution in [0.1, 0.15) is 36.6 Å². The molecule has 0 heterocycles. The quantitative estimate of drug-likeness (QED) is 0.346. The lowest BCUT2D eigenvalue weighted by Gasteiger charge is -2.11. The summed E-state index contributed by atoms with van der Waals surface area (Å²) in [6, 6.07) is 20.0. The summed E-state index contributed by atoms with van der Waals surface area (Å²) >= 11 is 10.9. The van der Waals surface area contributed by atoms with Crippen LogP contribution in [0.3, 0.4) is 0 Å². The fourth-order valence-corrected chi connectivity index (χ4v) is 3.09. The van der Waals surface area contributed by atoms with Crippen LogP contribution in [-0.2, 0) is 0 Å². The first kappa shape index (κ1) is 22.9. The summed E-state index contributed by atoms with van der Waals surface area (Å²) < 4.78 is 0. The van der Waals surface area contributed by atoms with Gasteiger partial charge >= 0.3 is 0 Å². The van der Waals surface area contributed by atoms with E-state index in [1.54, 1.807) is 54.6 Å². The first-order valence-corrected chi connectivity index (χ1v) is 10.3. The molecule has 0 aliphatic carbocycles. The van der Waals surface area contributed by atoms with Gasteiger partial charge in [-0.2, -0.15) is 0 Å². The highest BCUT2D eigenvalue weighted by atomic mass is 35.5. The molecule has 0 bridgehead atoms. The fourth-order valence-electron chi connectivity index (χ4n) is 2.75. The van der Waals surface area contributed by atoms with Gasteiger partial charge < -0.3 is 5.32 Å². The monoisotopic (exact) mass is 466 g/mol. The van der Waals surface area contributed by atoms with Crippen LogP contribution in [0.15, 0.2) is 72.8 Å². The van der Waals surface area contributed by atoms with E-state index in [2.05, 4.69) is 21.5 Å². The number of anilines is 1. The molecule has 0 fully saturated rings. The molecule has 4 N–H and O–H groups in total. The van der Waals surface area contributed by atoms with E-state index in [1.807, 2.05) is 19.1 Å². The lowest BCUT2D eigenvalue weighted by Crippen LogP contribution is -2.48. The maximum atomic E-state index is 12.4. The number of halogens is 1. The van der Waals surface area contributed by atoms with Crippen molar-refractivity contribution in [1.29, 1.82) is 0 Å². The summed E-state index contributed by atoms with van der Waals surface area (Å²) in [5.41, 5.74) is 7.52. The van der Waals surface area contributed by atoms with E-state index in [9.17, 15) is 14.4 Å². The Kier molecular flexibility index (Phi) is 7.54. The lowest BCUT2D eigenvalue weighted by molar-refractivity contribution is 0.0934. The molecule has 9 heteroatoms. The molecule has 162 valence electrons. The minimum absolute atomic E-state index is 0.0783. The molecule has 0 aromatic heterocycles. The summed E-state index contributed by atoms with van der Waals surface area (Å²) in [5, 5.41) is 5.58. The Morgan fingerprint density at radius 2 is 1.50 bits per heavy atom. The Hall–Kier alpha value is -3.75. The summed E-state index contributed by atoms with van der Waals surface area (Å²) in [5.74, 6) is -1.17. The van der Waals surface area contributed by atoms with Crippen molar-refractivity contribution in [3.8, 4) is 0 Å². The Labute approximate surface area is 195 Å². The van der Waals surface area contributed by atoms with Gasteiger partial charge in [-0.25, -0.2) is 0 Å². The van der Waals surface area contributed by atoms with Crippen molar-refractivity contribution in [2.75, 3.05) is 5.32 Å². The van der Waals surface area contributed by atoms with Gasteiger partial charge in [0.15, 0.2) is 5.11 Å². The zero-order valence-electron chi connectivity index (χ0n) is 16.9. The highest BCUT2D eigenvalue weighted by Crippen LogP contribution is 2.14. The van der Waals surface area contributed by atoms with Crippen LogP contribution in [-0.4, -0.2) is 22.8 Å². The zero-order valence-corrected chi connectivity index (χ0v) is 18.5. The molecule has 0 aliphatic heterocycles. The largest absolute Gasteiger partial charge is 0.322 e. The Morgan fingerprint density at radius 1 is 0.781 bits per heavy atom. The predicted molar refractivity (Wildman–Crippen MR) is 128 cm³/mol. The number of hydrogen-bond acceptors (Lipinski definition) is 4. The highest BCUT2D eigenvalue weighted by molar-refractivity contribution is 7.80. The standard InChI is InChI=1S/C23H19ClN4O3S/c1-14-5-2-3-8-19(14)22(31)25-18-11-9-15(10-12-18)21(30)27-28-23(32)26-20(29)16-6-4-7-17(24)13-16/h2-13H,1H3,(H,25,31)(H,27,30)(H2,26,28,29,32). The zero-order chi connectivity index (χ0) is 23.1. The summed E-state index contributed by atoms with van der Waals surface area (Å²) in [6.07, 6.45) is 0. The average Bonchev–Trinajstić information content (AvgIpc) is 2.78. The van der Waals surface area contributed by atoms with Crippen molar-refractivity contribution in [3.63, 3.8) is 0 Å². The van der Waals surface area contributed by atoms with Crippen LogP contribution in [0.2, 0.25) is 5.02 Å². The van der Waals surface area contributed by atoms with E-state index >= 15 is 0 Å². The number of hydrazine groups is 1. The predicted octanol–water partition coefficient (Wildman–Crippen LogP) is 3.85. The van der Waals surface area contributed by atoms with Gasteiger partial charge in [-0.1, -0.05) is 35.9 Å². The maximum absolute atomic E-state index is 12.4. The maximum Gasteiger partial charge on any atom is 0.269 e. The van der Waals surface area contributed by atoms with Crippen LogP contribution in [0.4, 0.5) is 5.69 Å². The molecule has 0 saturated heterocycles. The van der Waals surface area contributed by atoms with E-state index < -0.39 is 11.8 Å². The second kappa shape index (κ2) is 10.5. The minimum atomic E-state index is -0.471. The third kappa shape index (κ3) is 6.13. The van der Waals surface area contributed by atoms with Crippen molar-refractivity contribution in [2.24, 2.45) is 0 Å². The molecule has 3 aromatic rings. The third-order valence-corrected chi connectivity index (χ3v) is 4.84. The number of thiocarbonyl (C=S) groups is 1. The first-order chi connectivity index (χ1) is 15.3. The fraction of sp³-hybridized carbons (Fsp3) is 0.0435. The molecule has 0 radical (unpaired) electrons. The molecule has 0 spiro atoms. The van der Waals surface area contributed by atoms with Crippen molar-refractivity contribution in [2.45, 2.75) is 6.92 Å². The third-order valence-electron chi connectivity index (χ3n) is 4.40. The number of amides is 3. The molecular formula is C23H19ClN4O3S. The SMILES string of the molecule is Cc1ccccc1C(=O)Nc1ccc(C(=O)NNC(=S)NC(=O)c2cccc(Cl)c2)cc1. The van der Waals surface area contributed by atoms with Gasteiger partial charge in [-0.05, 0) is 73.2 Å². The van der Waals surface area contributed by atoms with Crippen LogP contribution >= 0.6 is 23.8 Å². The van der Waals surface area contributed by atoms with Gasteiger partial charge in [-0.3, -0.25) is 30.6 Å². The van der Waals surface area contributed by atoms with Gasteiger partial charge in [0.25, 0.3) is 17.7 Å². The van der Waals surface area contributed by atoms with E-state index in [0.29, 0.717) is 27.4 Å². The normalized spacial score (nSPS) is 10.1. The van der Waals surface area contributed by atoms with Crippen molar-refractivity contribution < 1.29 is 14.4 Å². The molecule has 0 aliphatic rings. The van der Waals surface area contributed by atoms with E-state index in [1.165, 1.54) is 6.07 Å². The van der Waals surface area contributed by atoms with Crippen LogP contribution in [0.25, 0.3) is 0 Å². The van der Waals surface area contributed by atoms with Gasteiger partial charge in [0.05, 0.1) is 0 Å². The number of aryl methyl sites for hydroxylation is 1. The average molecular weight is 467 g/mol. The summed E-state index contributed by atoms with van der Waals surface area (Å²) in [7, 11) is 0. The molecule has 0 unspecified atom stereocenters. The number of carbonyl (C=O) groups excluding carboxylic acids is 3. The molecule has 0 saturated carbocycles. The molecule has 3 aromatic carbocycles. The molecule has 3 rings (SSSR count). The Bertz CT molecular complexity index is 1180. The van der Waals surface area contributed by atoms with Gasteiger partial charge in [0.1, 0.15) is 0 Å². The van der Waals surface area contributed by atoms with Gasteiger partial charge in [0, 0.05) is 27.4 Å². The second-order valence-corrected chi connectivity index (χ2v) is 7.56. The van der Waals surface area contributed by atoms with Crippen molar-refractivity contribution in [3.05, 3.63) is 100 Å². The van der Waals surface area contributed by atoms with E-state index in [-0.39, 0.29) is 11.0 Å². The summed E-state index contributed by atoms with van der Waals surface area (Å²) in [6.45, 7) is 1.86. The van der Waals surface area contributed by atoms with Crippen molar-refractivity contribution in [1.82, 2.24) is 16.2 Å². The smallest absolute Gasteiger partial charge is 0.269 e. The highest BCUT2D eigenvalue weighted by Gasteiger charge is 2.11. The number of carbonyl (C=O) groups is 3. The lowest BCUT2D eigenvalue weighted by atomic mass is 10.1. The molecule has 32 heavy (non-hydrogen) atoms. The second-order valence-electron chi connectivity index (χ2n) is 6.72. The molecule has 3 amide bonds. The van der Waals surface area contributed by atoms with Crippen LogP contribution in [0.5, 0.6) is 0 Å². The minimum Gasteiger partial charge on any atom is -0.322 e. The molecule has 7 nitrogen and oxygen atoms in total. The number of benzene rings is 3. The number of nitrogens with one attached hydrogen (secondary N) is 4. The van der Waals surface area contributed by atoms with Crippen LogP contribution < -0.4 is 21.5 Å². The Morgan fingerprint density at radius 3 is 2.19 bits per heavy atom. The van der Waals surface area contributed by atoms with Gasteiger partial charge in [0.2, 0.25) is 0 Å². The first-order valence-electron chi connectivity index (χ1n) is 9.48. The number of rotatable bonds is 4. The Balaban J connectivity index is 1.51. The van der Waals surface area contributed by atoms with E-state index in [4.69, 9.17) is 23.8 Å². The van der Waals surface area contributed by atoms with Crippen LogP contribution in [0, 0.1) is 6.92 Å².